The predicted molar refractivity (Wildman–Crippen MR) is 84.4 cm³/mol. The van der Waals surface area contributed by atoms with Crippen molar-refractivity contribution >= 4 is 15.9 Å². The minimum absolute atomic E-state index is 0.0350. The van der Waals surface area contributed by atoms with Crippen LogP contribution in [0.3, 0.4) is 0 Å². The summed E-state index contributed by atoms with van der Waals surface area (Å²) in [6, 6.07) is 3.50. The molecule has 1 aromatic rings. The second kappa shape index (κ2) is 6.18. The van der Waals surface area contributed by atoms with E-state index in [-0.39, 0.29) is 17.4 Å². The summed E-state index contributed by atoms with van der Waals surface area (Å²) >= 11 is 0. The summed E-state index contributed by atoms with van der Waals surface area (Å²) in [4.78, 5) is 18.1. The van der Waals surface area contributed by atoms with Crippen molar-refractivity contribution in [3.8, 4) is 0 Å². The van der Waals surface area contributed by atoms with Crippen molar-refractivity contribution in [3.63, 3.8) is 0 Å². The lowest BCUT2D eigenvalue weighted by Crippen LogP contribution is -2.66. The van der Waals surface area contributed by atoms with Crippen LogP contribution in [0.15, 0.2) is 24.5 Å². The first-order valence-electron chi connectivity index (χ1n) is 7.67. The molecule has 1 unspecified atom stereocenters. The van der Waals surface area contributed by atoms with Crippen LogP contribution in [-0.2, 0) is 14.8 Å². The Morgan fingerprint density at radius 2 is 2.30 bits per heavy atom. The van der Waals surface area contributed by atoms with E-state index in [0.717, 1.165) is 19.1 Å². The highest BCUT2D eigenvalue weighted by Gasteiger charge is 2.54. The predicted octanol–water partition coefficient (Wildman–Crippen LogP) is 0.252. The molecule has 2 fully saturated rings. The van der Waals surface area contributed by atoms with E-state index in [9.17, 15) is 13.2 Å². The third-order valence-electron chi connectivity index (χ3n) is 4.57. The third-order valence-corrected chi connectivity index (χ3v) is 5.30. The van der Waals surface area contributed by atoms with Gasteiger partial charge in [-0.2, -0.15) is 0 Å². The van der Waals surface area contributed by atoms with Crippen molar-refractivity contribution in [2.24, 2.45) is 5.92 Å². The number of nitrogens with zero attached hydrogens (tertiary/aromatic N) is 2. The number of aromatic nitrogens is 1. The molecule has 2 saturated heterocycles. The third kappa shape index (κ3) is 3.54. The highest BCUT2D eigenvalue weighted by molar-refractivity contribution is 7.88. The van der Waals surface area contributed by atoms with Crippen molar-refractivity contribution in [1.82, 2.24) is 14.6 Å². The number of hydrogen-bond acceptors (Lipinski definition) is 5. The second-order valence-electron chi connectivity index (χ2n) is 6.26. The Morgan fingerprint density at radius 1 is 1.52 bits per heavy atom. The van der Waals surface area contributed by atoms with Gasteiger partial charge in [-0.1, -0.05) is 0 Å². The van der Waals surface area contributed by atoms with E-state index in [1.165, 1.54) is 0 Å². The van der Waals surface area contributed by atoms with Gasteiger partial charge in [-0.15, -0.1) is 0 Å². The van der Waals surface area contributed by atoms with Crippen LogP contribution in [0.2, 0.25) is 0 Å². The van der Waals surface area contributed by atoms with E-state index < -0.39 is 10.0 Å². The maximum Gasteiger partial charge on any atom is 0.255 e. The Labute approximate surface area is 136 Å². The summed E-state index contributed by atoms with van der Waals surface area (Å²) in [6.07, 6.45) is 5.99. The van der Waals surface area contributed by atoms with Crippen LogP contribution in [0.4, 0.5) is 0 Å². The van der Waals surface area contributed by atoms with Crippen molar-refractivity contribution in [2.45, 2.75) is 18.4 Å². The minimum Gasteiger partial charge on any atom is -0.371 e. The average Bonchev–Trinajstić information content (AvgIpc) is 2.88. The van der Waals surface area contributed by atoms with Crippen LogP contribution in [-0.4, -0.2) is 62.3 Å². The molecule has 1 aromatic heterocycles. The molecule has 1 amide bonds. The summed E-state index contributed by atoms with van der Waals surface area (Å²) < 4.78 is 30.7. The Balaban J connectivity index is 1.56. The zero-order valence-corrected chi connectivity index (χ0v) is 13.9. The SMILES string of the molecule is CS(=O)(=O)NCCC1CCOC12CN(C(=O)c1cccnc1)C2. The Kier molecular flexibility index (Phi) is 4.39. The number of sulfonamides is 1. The van der Waals surface area contributed by atoms with Gasteiger partial charge in [0.2, 0.25) is 10.0 Å². The van der Waals surface area contributed by atoms with Crippen LogP contribution < -0.4 is 4.72 Å². The summed E-state index contributed by atoms with van der Waals surface area (Å²) in [5.41, 5.74) is 0.271. The second-order valence-corrected chi connectivity index (χ2v) is 8.09. The molecule has 0 aromatic carbocycles. The van der Waals surface area contributed by atoms with Gasteiger partial charge in [-0.3, -0.25) is 9.78 Å². The highest BCUT2D eigenvalue weighted by atomic mass is 32.2. The van der Waals surface area contributed by atoms with E-state index in [4.69, 9.17) is 4.74 Å². The van der Waals surface area contributed by atoms with Gasteiger partial charge in [0.25, 0.3) is 5.91 Å². The monoisotopic (exact) mass is 339 g/mol. The Hall–Kier alpha value is -1.51. The summed E-state index contributed by atoms with van der Waals surface area (Å²) in [5, 5.41) is 0. The van der Waals surface area contributed by atoms with Crippen molar-refractivity contribution in [1.29, 1.82) is 0 Å². The van der Waals surface area contributed by atoms with Crippen LogP contribution >= 0.6 is 0 Å². The maximum absolute atomic E-state index is 12.4. The fourth-order valence-corrected chi connectivity index (χ4v) is 3.86. The number of ether oxygens (including phenoxy) is 1. The quantitative estimate of drug-likeness (QED) is 0.831. The van der Waals surface area contributed by atoms with Gasteiger partial charge >= 0.3 is 0 Å². The number of nitrogens with one attached hydrogen (secondary N) is 1. The molecule has 8 heteroatoms. The topological polar surface area (TPSA) is 88.6 Å². The Bertz CT molecular complexity index is 671. The number of pyridine rings is 1. The zero-order valence-electron chi connectivity index (χ0n) is 13.1. The molecule has 3 heterocycles. The summed E-state index contributed by atoms with van der Waals surface area (Å²) in [5.74, 6) is 0.238. The van der Waals surface area contributed by atoms with Gasteiger partial charge in [-0.25, -0.2) is 13.1 Å². The molecule has 0 aliphatic carbocycles. The van der Waals surface area contributed by atoms with Crippen LogP contribution in [0.5, 0.6) is 0 Å². The van der Waals surface area contributed by atoms with E-state index in [0.29, 0.717) is 31.8 Å². The molecule has 126 valence electrons. The molecule has 2 aliphatic heterocycles. The van der Waals surface area contributed by atoms with Crippen LogP contribution in [0.1, 0.15) is 23.2 Å². The molecule has 1 N–H and O–H groups in total. The molecule has 0 radical (unpaired) electrons. The number of amides is 1. The van der Waals surface area contributed by atoms with Crippen LogP contribution in [0.25, 0.3) is 0 Å². The largest absolute Gasteiger partial charge is 0.371 e. The van der Waals surface area contributed by atoms with Gasteiger partial charge < -0.3 is 9.64 Å². The minimum atomic E-state index is -3.16. The average molecular weight is 339 g/mol. The fourth-order valence-electron chi connectivity index (χ4n) is 3.38. The molecule has 0 saturated carbocycles. The molecule has 7 nitrogen and oxygen atoms in total. The van der Waals surface area contributed by atoms with Gasteiger partial charge in [-0.05, 0) is 30.9 Å². The number of rotatable bonds is 5. The van der Waals surface area contributed by atoms with Gasteiger partial charge in [0.15, 0.2) is 0 Å². The lowest BCUT2D eigenvalue weighted by Gasteiger charge is -2.50. The standard InChI is InChI=1S/C15H21N3O4S/c1-23(20,21)17-7-4-13-5-8-22-15(13)10-18(11-15)14(19)12-3-2-6-16-9-12/h2-3,6,9,13,17H,4-5,7-8,10-11H2,1H3. The van der Waals surface area contributed by atoms with E-state index in [2.05, 4.69) is 9.71 Å². The number of hydrogen-bond donors (Lipinski definition) is 1. The van der Waals surface area contributed by atoms with Gasteiger partial charge in [0, 0.05) is 25.5 Å². The van der Waals surface area contributed by atoms with Gasteiger partial charge in [0.1, 0.15) is 5.60 Å². The number of carbonyl (C=O) groups is 1. The lowest BCUT2D eigenvalue weighted by molar-refractivity contribution is -0.117. The molecule has 3 rings (SSSR count). The first kappa shape index (κ1) is 16.4. The highest BCUT2D eigenvalue weighted by Crippen LogP contribution is 2.41. The fraction of sp³-hybridized carbons (Fsp3) is 0.600. The maximum atomic E-state index is 12.4. The smallest absolute Gasteiger partial charge is 0.255 e. The Morgan fingerprint density at radius 3 is 2.96 bits per heavy atom. The summed E-state index contributed by atoms with van der Waals surface area (Å²) in [7, 11) is -3.16. The van der Waals surface area contributed by atoms with Crippen molar-refractivity contribution < 1.29 is 17.9 Å². The van der Waals surface area contributed by atoms with Crippen molar-refractivity contribution in [2.75, 3.05) is 32.5 Å². The molecule has 0 bridgehead atoms. The molecular formula is C15H21N3O4S. The molecule has 23 heavy (non-hydrogen) atoms. The zero-order chi connectivity index (χ0) is 16.5. The molecule has 2 aliphatic rings. The van der Waals surface area contributed by atoms with Gasteiger partial charge in [0.05, 0.1) is 24.9 Å². The number of likely N-dealkylation sites (tertiary alicyclic amines) is 1. The van der Waals surface area contributed by atoms with E-state index >= 15 is 0 Å². The molecular weight excluding hydrogens is 318 g/mol. The first-order chi connectivity index (χ1) is 10.9. The van der Waals surface area contributed by atoms with Crippen molar-refractivity contribution in [3.05, 3.63) is 30.1 Å². The van der Waals surface area contributed by atoms with E-state index in [1.807, 2.05) is 0 Å². The van der Waals surface area contributed by atoms with E-state index in [1.54, 1.807) is 29.4 Å². The summed E-state index contributed by atoms with van der Waals surface area (Å²) in [6.45, 7) is 2.19. The van der Waals surface area contributed by atoms with Crippen LogP contribution in [0, 0.1) is 5.92 Å². The molecule has 1 spiro atoms. The normalized spacial score (nSPS) is 23.0. The molecule has 1 atom stereocenters. The first-order valence-corrected chi connectivity index (χ1v) is 9.57. The lowest BCUT2D eigenvalue weighted by atomic mass is 9.78. The number of carbonyl (C=O) groups excluding carboxylic acids is 1.